The second-order valence-corrected chi connectivity index (χ2v) is 4.76. The molecule has 0 radical (unpaired) electrons. The van der Waals surface area contributed by atoms with Crippen LogP contribution >= 0.6 is 0 Å². The van der Waals surface area contributed by atoms with Crippen LogP contribution in [0.5, 0.6) is 0 Å². The van der Waals surface area contributed by atoms with Crippen molar-refractivity contribution < 1.29 is 4.92 Å². The van der Waals surface area contributed by atoms with E-state index >= 15 is 0 Å². The molecular formula is C14H18N4O2. The highest BCUT2D eigenvalue weighted by atomic mass is 16.6. The molecule has 1 aromatic carbocycles. The summed E-state index contributed by atoms with van der Waals surface area (Å²) in [5, 5.41) is 18.5. The summed E-state index contributed by atoms with van der Waals surface area (Å²) in [7, 11) is 1.91. The third-order valence-corrected chi connectivity index (χ3v) is 3.46. The van der Waals surface area contributed by atoms with Gasteiger partial charge in [0.1, 0.15) is 0 Å². The monoisotopic (exact) mass is 274 g/mol. The second kappa shape index (κ2) is 5.83. The topological polar surface area (TPSA) is 73.0 Å². The molecule has 0 aliphatic carbocycles. The normalized spacial score (nSPS) is 10.8. The minimum absolute atomic E-state index is 0.152. The molecule has 0 amide bonds. The van der Waals surface area contributed by atoms with E-state index in [1.54, 1.807) is 12.1 Å². The zero-order valence-corrected chi connectivity index (χ0v) is 11.9. The standard InChI is InChI=1S/C14H18N4O2/c1-10-13(11(2)17(3)16-10)9-15-8-12-6-4-5-7-14(12)18(19)20/h4-7,15H,8-9H2,1-3H3. The van der Waals surface area contributed by atoms with Gasteiger partial charge >= 0.3 is 0 Å². The lowest BCUT2D eigenvalue weighted by Crippen LogP contribution is -2.15. The van der Waals surface area contributed by atoms with E-state index in [2.05, 4.69) is 10.4 Å². The molecule has 0 aliphatic heterocycles. The molecule has 0 aliphatic rings. The van der Waals surface area contributed by atoms with E-state index < -0.39 is 0 Å². The maximum Gasteiger partial charge on any atom is 0.273 e. The number of nitrogens with zero attached hydrogens (tertiary/aromatic N) is 3. The zero-order valence-electron chi connectivity index (χ0n) is 11.9. The zero-order chi connectivity index (χ0) is 14.7. The van der Waals surface area contributed by atoms with Crippen LogP contribution < -0.4 is 5.32 Å². The van der Waals surface area contributed by atoms with Crippen molar-refractivity contribution in [2.24, 2.45) is 7.05 Å². The number of benzene rings is 1. The quantitative estimate of drug-likeness (QED) is 0.670. The van der Waals surface area contributed by atoms with E-state index in [4.69, 9.17) is 0 Å². The highest BCUT2D eigenvalue weighted by molar-refractivity contribution is 5.39. The fourth-order valence-corrected chi connectivity index (χ4v) is 2.23. The average Bonchev–Trinajstić information content (AvgIpc) is 2.65. The number of hydrogen-bond donors (Lipinski definition) is 1. The Kier molecular flexibility index (Phi) is 4.14. The Bertz CT molecular complexity index is 634. The van der Waals surface area contributed by atoms with Crippen molar-refractivity contribution in [3.05, 3.63) is 56.9 Å². The molecule has 0 saturated heterocycles. The molecular weight excluding hydrogens is 256 g/mol. The Balaban J connectivity index is 2.05. The minimum Gasteiger partial charge on any atom is -0.308 e. The Labute approximate surface area is 117 Å². The van der Waals surface area contributed by atoms with Gasteiger partial charge in [-0.15, -0.1) is 0 Å². The smallest absolute Gasteiger partial charge is 0.273 e. The van der Waals surface area contributed by atoms with Crippen LogP contribution in [0.15, 0.2) is 24.3 Å². The molecule has 1 aromatic heterocycles. The summed E-state index contributed by atoms with van der Waals surface area (Å²) in [6.07, 6.45) is 0. The van der Waals surface area contributed by atoms with Gasteiger partial charge in [-0.05, 0) is 13.8 Å². The van der Waals surface area contributed by atoms with Crippen LogP contribution in [0.25, 0.3) is 0 Å². The van der Waals surface area contributed by atoms with E-state index in [1.807, 2.05) is 31.6 Å². The van der Waals surface area contributed by atoms with E-state index in [1.165, 1.54) is 6.07 Å². The van der Waals surface area contributed by atoms with Gasteiger partial charge in [0.2, 0.25) is 0 Å². The highest BCUT2D eigenvalue weighted by Crippen LogP contribution is 2.18. The second-order valence-electron chi connectivity index (χ2n) is 4.76. The molecule has 1 N–H and O–H groups in total. The van der Waals surface area contributed by atoms with Gasteiger partial charge in [-0.1, -0.05) is 18.2 Å². The highest BCUT2D eigenvalue weighted by Gasteiger charge is 2.13. The first kappa shape index (κ1) is 14.2. The first-order valence-corrected chi connectivity index (χ1v) is 6.42. The van der Waals surface area contributed by atoms with Crippen molar-refractivity contribution in [1.82, 2.24) is 15.1 Å². The molecule has 0 unspecified atom stereocenters. The SMILES string of the molecule is Cc1nn(C)c(C)c1CNCc1ccccc1[N+](=O)[O-]. The molecule has 2 rings (SSSR count). The lowest BCUT2D eigenvalue weighted by molar-refractivity contribution is -0.385. The molecule has 0 atom stereocenters. The average molecular weight is 274 g/mol. The summed E-state index contributed by atoms with van der Waals surface area (Å²) in [5.74, 6) is 0. The van der Waals surface area contributed by atoms with Gasteiger partial charge in [-0.2, -0.15) is 5.10 Å². The number of aryl methyl sites for hydroxylation is 2. The number of nitrogens with one attached hydrogen (secondary N) is 1. The summed E-state index contributed by atoms with van der Waals surface area (Å²) in [6.45, 7) is 5.10. The van der Waals surface area contributed by atoms with Gasteiger partial charge in [0, 0.05) is 43.0 Å². The molecule has 106 valence electrons. The van der Waals surface area contributed by atoms with Crippen molar-refractivity contribution in [3.8, 4) is 0 Å². The predicted molar refractivity (Wildman–Crippen MR) is 76.3 cm³/mol. The predicted octanol–water partition coefficient (Wildman–Crippen LogP) is 2.23. The van der Waals surface area contributed by atoms with Crippen LogP contribution in [0.4, 0.5) is 5.69 Å². The Morgan fingerprint density at radius 2 is 2.00 bits per heavy atom. The third kappa shape index (κ3) is 2.85. The number of nitro benzene ring substituents is 1. The van der Waals surface area contributed by atoms with Crippen LogP contribution in [0, 0.1) is 24.0 Å². The summed E-state index contributed by atoms with van der Waals surface area (Å²) < 4.78 is 1.84. The number of aromatic nitrogens is 2. The Morgan fingerprint density at radius 1 is 1.30 bits per heavy atom. The Hall–Kier alpha value is -2.21. The molecule has 6 heteroatoms. The first-order chi connectivity index (χ1) is 9.50. The van der Waals surface area contributed by atoms with Crippen molar-refractivity contribution in [2.45, 2.75) is 26.9 Å². The maximum absolute atomic E-state index is 10.9. The fraction of sp³-hybridized carbons (Fsp3) is 0.357. The van der Waals surface area contributed by atoms with Crippen LogP contribution in [0.3, 0.4) is 0 Å². The molecule has 0 saturated carbocycles. The van der Waals surface area contributed by atoms with Gasteiger partial charge in [0.05, 0.1) is 10.6 Å². The van der Waals surface area contributed by atoms with Crippen LogP contribution in [0.1, 0.15) is 22.5 Å². The fourth-order valence-electron chi connectivity index (χ4n) is 2.23. The number of rotatable bonds is 5. The minimum atomic E-state index is -0.350. The van der Waals surface area contributed by atoms with E-state index in [9.17, 15) is 10.1 Å². The van der Waals surface area contributed by atoms with Gasteiger partial charge in [-0.3, -0.25) is 14.8 Å². The summed E-state index contributed by atoms with van der Waals surface area (Å²) >= 11 is 0. The Morgan fingerprint density at radius 3 is 2.60 bits per heavy atom. The summed E-state index contributed by atoms with van der Waals surface area (Å²) in [4.78, 5) is 10.6. The molecule has 6 nitrogen and oxygen atoms in total. The molecule has 0 bridgehead atoms. The van der Waals surface area contributed by atoms with Gasteiger partial charge in [-0.25, -0.2) is 0 Å². The lowest BCUT2D eigenvalue weighted by Gasteiger charge is -2.06. The largest absolute Gasteiger partial charge is 0.308 e. The summed E-state index contributed by atoms with van der Waals surface area (Å²) in [6, 6.07) is 6.79. The molecule has 20 heavy (non-hydrogen) atoms. The van der Waals surface area contributed by atoms with Crippen LogP contribution in [-0.2, 0) is 20.1 Å². The number of hydrogen-bond acceptors (Lipinski definition) is 4. The molecule has 2 aromatic rings. The van der Waals surface area contributed by atoms with Gasteiger partial charge in [0.15, 0.2) is 0 Å². The third-order valence-electron chi connectivity index (χ3n) is 3.46. The summed E-state index contributed by atoms with van der Waals surface area (Å²) in [5.41, 5.74) is 4.08. The van der Waals surface area contributed by atoms with Gasteiger partial charge < -0.3 is 5.32 Å². The van der Waals surface area contributed by atoms with Gasteiger partial charge in [0.25, 0.3) is 5.69 Å². The van der Waals surface area contributed by atoms with Crippen molar-refractivity contribution in [1.29, 1.82) is 0 Å². The molecule has 1 heterocycles. The lowest BCUT2D eigenvalue weighted by atomic mass is 10.1. The van der Waals surface area contributed by atoms with E-state index in [-0.39, 0.29) is 10.6 Å². The first-order valence-electron chi connectivity index (χ1n) is 6.42. The molecule has 0 spiro atoms. The van der Waals surface area contributed by atoms with Crippen molar-refractivity contribution >= 4 is 5.69 Å². The number of nitro groups is 1. The van der Waals surface area contributed by atoms with Crippen molar-refractivity contribution in [3.63, 3.8) is 0 Å². The maximum atomic E-state index is 10.9. The van der Waals surface area contributed by atoms with E-state index in [0.29, 0.717) is 18.7 Å². The molecule has 0 fully saturated rings. The number of para-hydroxylation sites is 1. The van der Waals surface area contributed by atoms with E-state index in [0.717, 1.165) is 17.0 Å². The van der Waals surface area contributed by atoms with Crippen LogP contribution in [-0.4, -0.2) is 14.7 Å². The van der Waals surface area contributed by atoms with Crippen molar-refractivity contribution in [2.75, 3.05) is 0 Å². The van der Waals surface area contributed by atoms with Crippen LogP contribution in [0.2, 0.25) is 0 Å².